The summed E-state index contributed by atoms with van der Waals surface area (Å²) >= 11 is 0. The molecule has 1 aromatic heterocycles. The number of rotatable bonds is 2. The lowest BCUT2D eigenvalue weighted by molar-refractivity contribution is 0.487. The van der Waals surface area contributed by atoms with Crippen LogP contribution in [0.2, 0.25) is 0 Å². The molecule has 1 aliphatic heterocycles. The van der Waals surface area contributed by atoms with Crippen LogP contribution in [-0.4, -0.2) is 22.6 Å². The number of nitrogens with zero attached hydrogens (tertiary/aromatic N) is 3. The minimum absolute atomic E-state index is 0.577. The topological polar surface area (TPSA) is 55.0 Å². The fourth-order valence-electron chi connectivity index (χ4n) is 2.21. The highest BCUT2D eigenvalue weighted by Gasteiger charge is 2.28. The third-order valence-electron chi connectivity index (χ3n) is 2.98. The molecule has 0 spiro atoms. The summed E-state index contributed by atoms with van der Waals surface area (Å²) in [6.45, 7) is 5.56. The quantitative estimate of drug-likeness (QED) is 0.800. The van der Waals surface area contributed by atoms with Gasteiger partial charge in [-0.25, -0.2) is 9.97 Å². The molecule has 1 aliphatic rings. The van der Waals surface area contributed by atoms with Crippen LogP contribution in [0.5, 0.6) is 0 Å². The van der Waals surface area contributed by atoms with Gasteiger partial charge in [0, 0.05) is 12.6 Å². The van der Waals surface area contributed by atoms with Crippen molar-refractivity contribution in [1.82, 2.24) is 9.97 Å². The summed E-state index contributed by atoms with van der Waals surface area (Å²) in [6, 6.07) is 0.577. The van der Waals surface area contributed by atoms with Gasteiger partial charge in [-0.1, -0.05) is 13.8 Å². The highest BCUT2D eigenvalue weighted by Crippen LogP contribution is 2.26. The molecule has 0 radical (unpaired) electrons. The van der Waals surface area contributed by atoms with Crippen LogP contribution in [0, 0.1) is 5.92 Å². The third-order valence-corrected chi connectivity index (χ3v) is 2.98. The molecule has 1 fully saturated rings. The van der Waals surface area contributed by atoms with E-state index in [2.05, 4.69) is 28.7 Å². The van der Waals surface area contributed by atoms with E-state index in [0.717, 1.165) is 12.5 Å². The van der Waals surface area contributed by atoms with Crippen LogP contribution in [0.1, 0.15) is 26.7 Å². The molecular weight excluding hydrogens is 188 g/mol. The predicted molar refractivity (Wildman–Crippen MR) is 61.7 cm³/mol. The van der Waals surface area contributed by atoms with Gasteiger partial charge in [0.15, 0.2) is 0 Å². The van der Waals surface area contributed by atoms with Crippen LogP contribution in [0.15, 0.2) is 12.4 Å². The van der Waals surface area contributed by atoms with Crippen molar-refractivity contribution in [2.75, 3.05) is 17.2 Å². The van der Waals surface area contributed by atoms with Crippen molar-refractivity contribution in [3.8, 4) is 0 Å². The van der Waals surface area contributed by atoms with Crippen molar-refractivity contribution < 1.29 is 0 Å². The van der Waals surface area contributed by atoms with Crippen LogP contribution < -0.4 is 10.6 Å². The molecule has 4 nitrogen and oxygen atoms in total. The molecule has 1 saturated heterocycles. The Morgan fingerprint density at radius 1 is 1.40 bits per heavy atom. The molecule has 0 aromatic carbocycles. The Morgan fingerprint density at radius 2 is 2.07 bits per heavy atom. The van der Waals surface area contributed by atoms with Gasteiger partial charge < -0.3 is 10.6 Å². The standard InChI is InChI=1S/C11H18N4/c1-8(2)10-4-3-5-15(10)11-13-6-9(12)7-14-11/h6-8,10H,3-5,12H2,1-2H3. The molecule has 0 amide bonds. The van der Waals surface area contributed by atoms with E-state index < -0.39 is 0 Å². The SMILES string of the molecule is CC(C)C1CCCN1c1ncc(N)cn1. The molecular formula is C11H18N4. The Hall–Kier alpha value is -1.32. The van der Waals surface area contributed by atoms with Gasteiger partial charge in [0.25, 0.3) is 0 Å². The molecule has 1 aromatic rings. The molecule has 82 valence electrons. The van der Waals surface area contributed by atoms with E-state index in [9.17, 15) is 0 Å². The average Bonchev–Trinajstić information content (AvgIpc) is 2.67. The molecule has 2 rings (SSSR count). The second kappa shape index (κ2) is 4.04. The maximum Gasteiger partial charge on any atom is 0.225 e. The van der Waals surface area contributed by atoms with E-state index >= 15 is 0 Å². The second-order valence-corrected chi connectivity index (χ2v) is 4.46. The molecule has 0 bridgehead atoms. The lowest BCUT2D eigenvalue weighted by Gasteiger charge is -2.27. The summed E-state index contributed by atoms with van der Waals surface area (Å²) in [5.41, 5.74) is 6.20. The molecule has 4 heteroatoms. The van der Waals surface area contributed by atoms with E-state index in [1.54, 1.807) is 12.4 Å². The highest BCUT2D eigenvalue weighted by molar-refractivity contribution is 5.39. The van der Waals surface area contributed by atoms with Gasteiger partial charge in [-0.05, 0) is 18.8 Å². The third kappa shape index (κ3) is 2.03. The van der Waals surface area contributed by atoms with E-state index in [1.807, 2.05) is 0 Å². The zero-order valence-corrected chi connectivity index (χ0v) is 9.35. The summed E-state index contributed by atoms with van der Waals surface area (Å²) in [6.07, 6.45) is 5.83. The summed E-state index contributed by atoms with van der Waals surface area (Å²) in [4.78, 5) is 10.9. The first-order chi connectivity index (χ1) is 7.18. The number of hydrogen-bond acceptors (Lipinski definition) is 4. The second-order valence-electron chi connectivity index (χ2n) is 4.46. The van der Waals surface area contributed by atoms with E-state index in [-0.39, 0.29) is 0 Å². The largest absolute Gasteiger partial charge is 0.396 e. The predicted octanol–water partition coefficient (Wildman–Crippen LogP) is 1.68. The molecule has 2 N–H and O–H groups in total. The molecule has 0 saturated carbocycles. The van der Waals surface area contributed by atoms with Crippen LogP contribution in [0.4, 0.5) is 11.6 Å². The molecule has 2 heterocycles. The average molecular weight is 206 g/mol. The minimum atomic E-state index is 0.577. The van der Waals surface area contributed by atoms with Crippen molar-refractivity contribution in [2.45, 2.75) is 32.7 Å². The normalized spacial score (nSPS) is 21.3. The monoisotopic (exact) mass is 206 g/mol. The highest BCUT2D eigenvalue weighted by atomic mass is 15.3. The van der Waals surface area contributed by atoms with E-state index in [0.29, 0.717) is 17.6 Å². The van der Waals surface area contributed by atoms with Gasteiger partial charge in [-0.2, -0.15) is 0 Å². The van der Waals surface area contributed by atoms with Gasteiger partial charge >= 0.3 is 0 Å². The van der Waals surface area contributed by atoms with Crippen molar-refractivity contribution in [3.05, 3.63) is 12.4 Å². The fraction of sp³-hybridized carbons (Fsp3) is 0.636. The first kappa shape index (κ1) is 10.2. The lowest BCUT2D eigenvalue weighted by atomic mass is 10.0. The number of anilines is 2. The van der Waals surface area contributed by atoms with Crippen molar-refractivity contribution in [2.24, 2.45) is 5.92 Å². The summed E-state index contributed by atoms with van der Waals surface area (Å²) < 4.78 is 0. The van der Waals surface area contributed by atoms with Crippen LogP contribution >= 0.6 is 0 Å². The van der Waals surface area contributed by atoms with Crippen molar-refractivity contribution >= 4 is 11.6 Å². The number of nitrogens with two attached hydrogens (primary N) is 1. The first-order valence-corrected chi connectivity index (χ1v) is 5.52. The molecule has 15 heavy (non-hydrogen) atoms. The smallest absolute Gasteiger partial charge is 0.225 e. The van der Waals surface area contributed by atoms with Crippen molar-refractivity contribution in [1.29, 1.82) is 0 Å². The first-order valence-electron chi connectivity index (χ1n) is 5.52. The molecule has 0 aliphatic carbocycles. The Bertz CT molecular complexity index is 320. The van der Waals surface area contributed by atoms with Gasteiger partial charge in [0.1, 0.15) is 0 Å². The van der Waals surface area contributed by atoms with Gasteiger partial charge in [-0.3, -0.25) is 0 Å². The maximum atomic E-state index is 5.58. The van der Waals surface area contributed by atoms with Crippen molar-refractivity contribution in [3.63, 3.8) is 0 Å². The Kier molecular flexibility index (Phi) is 2.75. The summed E-state index contributed by atoms with van der Waals surface area (Å²) in [5, 5.41) is 0. The van der Waals surface area contributed by atoms with Gasteiger partial charge in [0.2, 0.25) is 5.95 Å². The summed E-state index contributed by atoms with van der Waals surface area (Å²) in [7, 11) is 0. The molecule has 1 atom stereocenters. The zero-order valence-electron chi connectivity index (χ0n) is 9.35. The number of aromatic nitrogens is 2. The van der Waals surface area contributed by atoms with Crippen LogP contribution in [0.3, 0.4) is 0 Å². The zero-order chi connectivity index (χ0) is 10.8. The van der Waals surface area contributed by atoms with E-state index in [1.165, 1.54) is 12.8 Å². The Morgan fingerprint density at radius 3 is 2.67 bits per heavy atom. The lowest BCUT2D eigenvalue weighted by Crippen LogP contribution is -2.34. The number of nitrogen functional groups attached to an aromatic ring is 1. The van der Waals surface area contributed by atoms with Crippen LogP contribution in [0.25, 0.3) is 0 Å². The van der Waals surface area contributed by atoms with Crippen LogP contribution in [-0.2, 0) is 0 Å². The maximum absolute atomic E-state index is 5.58. The Balaban J connectivity index is 2.19. The van der Waals surface area contributed by atoms with Gasteiger partial charge in [-0.15, -0.1) is 0 Å². The number of hydrogen-bond donors (Lipinski definition) is 1. The minimum Gasteiger partial charge on any atom is -0.396 e. The van der Waals surface area contributed by atoms with E-state index in [4.69, 9.17) is 5.73 Å². The molecule has 1 unspecified atom stereocenters. The summed E-state index contributed by atoms with van der Waals surface area (Å²) in [5.74, 6) is 1.47. The Labute approximate surface area is 90.5 Å². The fourth-order valence-corrected chi connectivity index (χ4v) is 2.21. The van der Waals surface area contributed by atoms with Gasteiger partial charge in [0.05, 0.1) is 18.1 Å².